The van der Waals surface area contributed by atoms with Crippen LogP contribution in [0.25, 0.3) is 0 Å². The van der Waals surface area contributed by atoms with Crippen LogP contribution in [0.1, 0.15) is 10.4 Å². The van der Waals surface area contributed by atoms with Crippen molar-refractivity contribution in [1.29, 1.82) is 0 Å². The molecule has 1 aromatic carbocycles. The zero-order chi connectivity index (χ0) is 15.3. The number of rotatable bonds is 4. The molecule has 21 heavy (non-hydrogen) atoms. The van der Waals surface area contributed by atoms with Gasteiger partial charge < -0.3 is 5.11 Å². The van der Waals surface area contributed by atoms with Gasteiger partial charge in [0.05, 0.1) is 4.90 Å². The van der Waals surface area contributed by atoms with E-state index in [0.29, 0.717) is 5.56 Å². The molecule has 0 fully saturated rings. The third-order valence-corrected chi connectivity index (χ3v) is 5.90. The first-order valence-electron chi connectivity index (χ1n) is 5.94. The Kier molecular flexibility index (Phi) is 5.56. The van der Waals surface area contributed by atoms with Crippen LogP contribution >= 0.6 is 27.3 Å². The summed E-state index contributed by atoms with van der Waals surface area (Å²) >= 11 is 4.84. The van der Waals surface area contributed by atoms with Gasteiger partial charge in [-0.3, -0.25) is 0 Å². The summed E-state index contributed by atoms with van der Waals surface area (Å²) in [5.41, 5.74) is 0.546. The molecule has 2 aromatic rings. The Balaban J connectivity index is 2.17. The number of thiophene rings is 1. The molecule has 0 unspecified atom stereocenters. The van der Waals surface area contributed by atoms with Crippen molar-refractivity contribution in [1.82, 2.24) is 4.72 Å². The van der Waals surface area contributed by atoms with E-state index in [4.69, 9.17) is 5.11 Å². The maximum Gasteiger partial charge on any atom is 0.240 e. The predicted molar refractivity (Wildman–Crippen MR) is 86.5 cm³/mol. The first-order chi connectivity index (χ1) is 10.0. The van der Waals surface area contributed by atoms with Crippen LogP contribution in [0.15, 0.2) is 45.1 Å². The topological polar surface area (TPSA) is 66.4 Å². The first-order valence-corrected chi connectivity index (χ1v) is 9.10. The standard InChI is InChI=1S/C14H12BrNO3S2/c15-13-6-8-20-14(13)10-16-21(18,19)12-5-1-3-11(9-12)4-2-7-17/h1,3,5-6,8-9,16-17H,7,10H2. The van der Waals surface area contributed by atoms with E-state index in [9.17, 15) is 8.42 Å². The van der Waals surface area contributed by atoms with Crippen molar-refractivity contribution in [2.75, 3.05) is 6.61 Å². The molecule has 0 bridgehead atoms. The monoisotopic (exact) mass is 385 g/mol. The number of aliphatic hydroxyl groups excluding tert-OH is 1. The molecule has 2 rings (SSSR count). The van der Waals surface area contributed by atoms with Crippen LogP contribution < -0.4 is 4.72 Å². The summed E-state index contributed by atoms with van der Waals surface area (Å²) in [5.74, 6) is 5.18. The fourth-order valence-corrected chi connectivity index (χ4v) is 4.14. The second kappa shape index (κ2) is 7.20. The average Bonchev–Trinajstić information content (AvgIpc) is 2.89. The fourth-order valence-electron chi connectivity index (χ4n) is 1.58. The van der Waals surface area contributed by atoms with Gasteiger partial charge in [-0.1, -0.05) is 17.9 Å². The summed E-state index contributed by atoms with van der Waals surface area (Å²) in [4.78, 5) is 1.06. The predicted octanol–water partition coefficient (Wildman–Crippen LogP) is 2.33. The number of nitrogens with one attached hydrogen (secondary N) is 1. The smallest absolute Gasteiger partial charge is 0.240 e. The van der Waals surface area contributed by atoms with Gasteiger partial charge in [0.25, 0.3) is 0 Å². The Labute approximate surface area is 136 Å². The lowest BCUT2D eigenvalue weighted by Gasteiger charge is -2.06. The molecule has 2 N–H and O–H groups in total. The highest BCUT2D eigenvalue weighted by Gasteiger charge is 2.15. The molecule has 1 heterocycles. The van der Waals surface area contributed by atoms with E-state index >= 15 is 0 Å². The highest BCUT2D eigenvalue weighted by molar-refractivity contribution is 9.10. The summed E-state index contributed by atoms with van der Waals surface area (Å²) < 4.78 is 27.9. The van der Waals surface area contributed by atoms with E-state index in [-0.39, 0.29) is 18.0 Å². The molecule has 7 heteroatoms. The molecule has 0 atom stereocenters. The molecular weight excluding hydrogens is 374 g/mol. The summed E-state index contributed by atoms with van der Waals surface area (Å²) in [6.45, 7) is -0.0330. The molecule has 0 aliphatic heterocycles. The third kappa shape index (κ3) is 4.40. The lowest BCUT2D eigenvalue weighted by atomic mass is 10.2. The van der Waals surface area contributed by atoms with Gasteiger partial charge >= 0.3 is 0 Å². The van der Waals surface area contributed by atoms with Gasteiger partial charge in [0, 0.05) is 21.5 Å². The van der Waals surface area contributed by atoms with E-state index in [2.05, 4.69) is 32.5 Å². The maximum absolute atomic E-state index is 12.2. The minimum Gasteiger partial charge on any atom is -0.384 e. The van der Waals surface area contributed by atoms with Gasteiger partial charge in [-0.25, -0.2) is 13.1 Å². The summed E-state index contributed by atoms with van der Waals surface area (Å²) in [5, 5.41) is 10.6. The van der Waals surface area contributed by atoms with Crippen molar-refractivity contribution in [2.45, 2.75) is 11.4 Å². The minimum atomic E-state index is -3.60. The number of aliphatic hydroxyl groups is 1. The second-order valence-electron chi connectivity index (χ2n) is 4.00. The molecule has 0 radical (unpaired) electrons. The van der Waals surface area contributed by atoms with Gasteiger partial charge in [0.2, 0.25) is 10.0 Å². The van der Waals surface area contributed by atoms with Crippen molar-refractivity contribution in [2.24, 2.45) is 0 Å². The number of halogens is 1. The first kappa shape index (κ1) is 16.2. The van der Waals surface area contributed by atoms with Crippen LogP contribution in [0.4, 0.5) is 0 Å². The molecule has 0 amide bonds. The molecule has 0 saturated heterocycles. The number of sulfonamides is 1. The van der Waals surface area contributed by atoms with Crippen LogP contribution in [-0.2, 0) is 16.6 Å². The molecule has 0 aliphatic rings. The van der Waals surface area contributed by atoms with E-state index in [0.717, 1.165) is 9.35 Å². The average molecular weight is 386 g/mol. The molecular formula is C14H12BrNO3S2. The summed E-state index contributed by atoms with van der Waals surface area (Å²) in [6.07, 6.45) is 0. The van der Waals surface area contributed by atoms with E-state index < -0.39 is 10.0 Å². The number of benzene rings is 1. The Hall–Kier alpha value is -1.17. The fraction of sp³-hybridized carbons (Fsp3) is 0.143. The van der Waals surface area contributed by atoms with Crippen molar-refractivity contribution in [3.63, 3.8) is 0 Å². The van der Waals surface area contributed by atoms with Crippen LogP contribution in [0, 0.1) is 11.8 Å². The lowest BCUT2D eigenvalue weighted by molar-refractivity contribution is 0.350. The number of hydrogen-bond acceptors (Lipinski definition) is 4. The maximum atomic E-state index is 12.2. The van der Waals surface area contributed by atoms with Crippen molar-refractivity contribution in [3.05, 3.63) is 50.6 Å². The Morgan fingerprint density at radius 3 is 2.81 bits per heavy atom. The van der Waals surface area contributed by atoms with Crippen LogP contribution in [-0.4, -0.2) is 20.1 Å². The quantitative estimate of drug-likeness (QED) is 0.793. The van der Waals surface area contributed by atoms with Gasteiger partial charge in [0.1, 0.15) is 6.61 Å². The van der Waals surface area contributed by atoms with Crippen LogP contribution in [0.2, 0.25) is 0 Å². The largest absolute Gasteiger partial charge is 0.384 e. The summed E-state index contributed by atoms with van der Waals surface area (Å²) in [7, 11) is -3.60. The normalized spacial score (nSPS) is 11.0. The lowest BCUT2D eigenvalue weighted by Crippen LogP contribution is -2.23. The Morgan fingerprint density at radius 1 is 1.33 bits per heavy atom. The SMILES string of the molecule is O=S(=O)(NCc1sccc1Br)c1cccc(C#CCO)c1. The zero-order valence-corrected chi connectivity index (χ0v) is 14.1. The van der Waals surface area contributed by atoms with E-state index in [1.54, 1.807) is 12.1 Å². The Morgan fingerprint density at radius 2 is 2.14 bits per heavy atom. The van der Waals surface area contributed by atoms with Crippen molar-refractivity contribution >= 4 is 37.3 Å². The highest BCUT2D eigenvalue weighted by atomic mass is 79.9. The molecule has 0 spiro atoms. The molecule has 0 saturated carbocycles. The van der Waals surface area contributed by atoms with Gasteiger partial charge in [-0.2, -0.15) is 0 Å². The van der Waals surface area contributed by atoms with E-state index in [1.807, 2.05) is 11.4 Å². The third-order valence-electron chi connectivity index (χ3n) is 2.57. The number of hydrogen-bond donors (Lipinski definition) is 2. The van der Waals surface area contributed by atoms with Crippen molar-refractivity contribution < 1.29 is 13.5 Å². The molecule has 110 valence electrons. The van der Waals surface area contributed by atoms with Crippen LogP contribution in [0.5, 0.6) is 0 Å². The molecule has 1 aromatic heterocycles. The van der Waals surface area contributed by atoms with Gasteiger partial charge in [-0.05, 0) is 45.6 Å². The molecule has 0 aliphatic carbocycles. The Bertz CT molecular complexity index is 788. The minimum absolute atomic E-state index is 0.153. The zero-order valence-electron chi connectivity index (χ0n) is 10.8. The second-order valence-corrected chi connectivity index (χ2v) is 7.63. The highest BCUT2D eigenvalue weighted by Crippen LogP contribution is 2.23. The van der Waals surface area contributed by atoms with Crippen molar-refractivity contribution in [3.8, 4) is 11.8 Å². The van der Waals surface area contributed by atoms with Gasteiger partial charge in [-0.15, -0.1) is 11.3 Å². The molecule has 4 nitrogen and oxygen atoms in total. The summed E-state index contributed by atoms with van der Waals surface area (Å²) in [6, 6.07) is 8.18. The van der Waals surface area contributed by atoms with E-state index in [1.165, 1.54) is 23.5 Å². The van der Waals surface area contributed by atoms with Crippen LogP contribution in [0.3, 0.4) is 0 Å². The van der Waals surface area contributed by atoms with Gasteiger partial charge in [0.15, 0.2) is 0 Å².